The van der Waals surface area contributed by atoms with Gasteiger partial charge in [0.05, 0.1) is 11.4 Å². The monoisotopic (exact) mass is 490 g/mol. The van der Waals surface area contributed by atoms with Crippen molar-refractivity contribution in [3.63, 3.8) is 0 Å². The molecule has 3 aromatic rings. The molecule has 0 saturated carbocycles. The molecule has 8 heteroatoms. The molecule has 3 aromatic carbocycles. The predicted molar refractivity (Wildman–Crippen MR) is 128 cm³/mol. The fraction of sp³-hybridized carbons (Fsp3) is 0.208. The van der Waals surface area contributed by atoms with Gasteiger partial charge >= 0.3 is 0 Å². The number of nitrogens with zero attached hydrogens (tertiary/aromatic N) is 1. The molecule has 0 unspecified atom stereocenters. The Kier molecular flexibility index (Phi) is 7.96. The highest BCUT2D eigenvalue weighted by Gasteiger charge is 2.27. The standard InChI is InChI=1S/C24H24Cl2N2O3S/c1-17-6-10-22(11-7-17)32(30,31)28(15-19-5-3-4-18(2)12-19)16-24(29)27-14-20-8-9-21(25)13-23(20)26/h3-13H,14-16H2,1-2H3,(H,27,29). The lowest BCUT2D eigenvalue weighted by Crippen LogP contribution is -2.40. The van der Waals surface area contributed by atoms with Crippen LogP contribution in [-0.2, 0) is 27.9 Å². The van der Waals surface area contributed by atoms with E-state index >= 15 is 0 Å². The lowest BCUT2D eigenvalue weighted by Gasteiger charge is -2.22. The lowest BCUT2D eigenvalue weighted by atomic mass is 10.1. The van der Waals surface area contributed by atoms with Gasteiger partial charge in [0.15, 0.2) is 0 Å². The summed E-state index contributed by atoms with van der Waals surface area (Å²) in [7, 11) is -3.89. The number of amides is 1. The smallest absolute Gasteiger partial charge is 0.243 e. The molecule has 0 aliphatic carbocycles. The van der Waals surface area contributed by atoms with Crippen molar-refractivity contribution in [1.29, 1.82) is 0 Å². The minimum Gasteiger partial charge on any atom is -0.351 e. The van der Waals surface area contributed by atoms with Crippen molar-refractivity contribution in [2.75, 3.05) is 6.54 Å². The number of hydrogen-bond acceptors (Lipinski definition) is 3. The Morgan fingerprint density at radius 1 is 0.938 bits per heavy atom. The number of nitrogens with one attached hydrogen (secondary N) is 1. The Morgan fingerprint density at radius 3 is 2.31 bits per heavy atom. The average Bonchev–Trinajstić information content (AvgIpc) is 2.73. The highest BCUT2D eigenvalue weighted by molar-refractivity contribution is 7.89. The van der Waals surface area contributed by atoms with Crippen molar-refractivity contribution in [2.45, 2.75) is 31.8 Å². The second kappa shape index (κ2) is 10.5. The molecule has 168 valence electrons. The van der Waals surface area contributed by atoms with Gasteiger partial charge < -0.3 is 5.32 Å². The molecule has 0 atom stereocenters. The van der Waals surface area contributed by atoms with E-state index in [0.717, 1.165) is 16.7 Å². The van der Waals surface area contributed by atoms with Gasteiger partial charge in [-0.3, -0.25) is 4.79 Å². The summed E-state index contributed by atoms with van der Waals surface area (Å²) in [5.74, 6) is -0.431. The molecule has 0 aromatic heterocycles. The van der Waals surface area contributed by atoms with Crippen LogP contribution in [-0.4, -0.2) is 25.2 Å². The van der Waals surface area contributed by atoms with Crippen LogP contribution in [0.15, 0.2) is 71.6 Å². The molecule has 0 saturated heterocycles. The van der Waals surface area contributed by atoms with E-state index in [1.165, 1.54) is 4.31 Å². The summed E-state index contributed by atoms with van der Waals surface area (Å²) < 4.78 is 27.9. The van der Waals surface area contributed by atoms with E-state index < -0.39 is 15.9 Å². The number of benzene rings is 3. The lowest BCUT2D eigenvalue weighted by molar-refractivity contribution is -0.121. The van der Waals surface area contributed by atoms with Crippen LogP contribution in [0, 0.1) is 13.8 Å². The van der Waals surface area contributed by atoms with Crippen LogP contribution >= 0.6 is 23.2 Å². The first-order valence-corrected chi connectivity index (χ1v) is 12.2. The number of aryl methyl sites for hydroxylation is 2. The van der Waals surface area contributed by atoms with E-state index in [1.807, 2.05) is 38.1 Å². The molecular formula is C24H24Cl2N2O3S. The van der Waals surface area contributed by atoms with Gasteiger partial charge in [-0.2, -0.15) is 4.31 Å². The van der Waals surface area contributed by atoms with Crippen molar-refractivity contribution in [1.82, 2.24) is 9.62 Å². The minimum atomic E-state index is -3.89. The van der Waals surface area contributed by atoms with E-state index in [-0.39, 0.29) is 24.5 Å². The molecule has 1 amide bonds. The summed E-state index contributed by atoms with van der Waals surface area (Å²) in [5, 5.41) is 3.68. The van der Waals surface area contributed by atoms with Crippen LogP contribution in [0.25, 0.3) is 0 Å². The van der Waals surface area contributed by atoms with E-state index in [0.29, 0.717) is 15.6 Å². The first-order chi connectivity index (χ1) is 15.1. The first kappa shape index (κ1) is 24.3. The van der Waals surface area contributed by atoms with Crippen molar-refractivity contribution in [2.24, 2.45) is 0 Å². The maximum absolute atomic E-state index is 13.3. The largest absolute Gasteiger partial charge is 0.351 e. The molecule has 0 fully saturated rings. The summed E-state index contributed by atoms with van der Waals surface area (Å²) in [6.45, 7) is 3.74. The van der Waals surface area contributed by atoms with Gasteiger partial charge in [-0.05, 0) is 49.2 Å². The Labute approximate surface area is 199 Å². The van der Waals surface area contributed by atoms with E-state index in [9.17, 15) is 13.2 Å². The topological polar surface area (TPSA) is 66.5 Å². The van der Waals surface area contributed by atoms with Crippen LogP contribution < -0.4 is 5.32 Å². The minimum absolute atomic E-state index is 0.0764. The van der Waals surface area contributed by atoms with Gasteiger partial charge in [-0.1, -0.05) is 76.8 Å². The van der Waals surface area contributed by atoms with Crippen LogP contribution in [0.3, 0.4) is 0 Å². The fourth-order valence-electron chi connectivity index (χ4n) is 3.17. The SMILES string of the molecule is Cc1ccc(S(=O)(=O)N(CC(=O)NCc2ccc(Cl)cc2Cl)Cc2cccc(C)c2)cc1. The van der Waals surface area contributed by atoms with Crippen LogP contribution in [0.2, 0.25) is 10.0 Å². The van der Waals surface area contributed by atoms with Crippen molar-refractivity contribution < 1.29 is 13.2 Å². The molecule has 0 spiro atoms. The highest BCUT2D eigenvalue weighted by atomic mass is 35.5. The molecule has 0 aliphatic rings. The first-order valence-electron chi connectivity index (χ1n) is 9.98. The zero-order valence-electron chi connectivity index (χ0n) is 17.8. The number of sulfonamides is 1. The Hall–Kier alpha value is -2.38. The third-order valence-corrected chi connectivity index (χ3v) is 7.30. The summed E-state index contributed by atoms with van der Waals surface area (Å²) >= 11 is 12.1. The van der Waals surface area contributed by atoms with Gasteiger partial charge in [0.1, 0.15) is 0 Å². The quantitative estimate of drug-likeness (QED) is 0.476. The predicted octanol–water partition coefficient (Wildman–Crippen LogP) is 5.12. The van der Waals surface area contributed by atoms with Gasteiger partial charge in [0, 0.05) is 23.1 Å². The summed E-state index contributed by atoms with van der Waals surface area (Å²) in [4.78, 5) is 12.9. The van der Waals surface area contributed by atoms with Crippen molar-refractivity contribution in [3.05, 3.63) is 99.0 Å². The fourth-order valence-corrected chi connectivity index (χ4v) is 5.03. The summed E-state index contributed by atoms with van der Waals surface area (Å²) in [6, 6.07) is 19.1. The second-order valence-electron chi connectivity index (χ2n) is 7.59. The average molecular weight is 491 g/mol. The van der Waals surface area contributed by atoms with Crippen LogP contribution in [0.5, 0.6) is 0 Å². The zero-order valence-corrected chi connectivity index (χ0v) is 20.1. The van der Waals surface area contributed by atoms with Crippen LogP contribution in [0.4, 0.5) is 0 Å². The van der Waals surface area contributed by atoms with Crippen molar-refractivity contribution >= 4 is 39.1 Å². The van der Waals surface area contributed by atoms with Crippen LogP contribution in [0.1, 0.15) is 22.3 Å². The molecule has 0 aliphatic heterocycles. The molecule has 32 heavy (non-hydrogen) atoms. The Bertz CT molecular complexity index is 1210. The van der Waals surface area contributed by atoms with Crippen molar-refractivity contribution in [3.8, 4) is 0 Å². The maximum Gasteiger partial charge on any atom is 0.243 e. The number of halogens is 2. The third kappa shape index (κ3) is 6.33. The Morgan fingerprint density at radius 2 is 1.66 bits per heavy atom. The summed E-state index contributed by atoms with van der Waals surface area (Å²) in [5.41, 5.74) is 3.45. The number of carbonyl (C=O) groups is 1. The maximum atomic E-state index is 13.3. The van der Waals surface area contributed by atoms with Gasteiger partial charge in [-0.15, -0.1) is 0 Å². The molecule has 5 nitrogen and oxygen atoms in total. The zero-order chi connectivity index (χ0) is 23.3. The van der Waals surface area contributed by atoms with Gasteiger partial charge in [0.25, 0.3) is 0 Å². The normalized spacial score (nSPS) is 11.5. The molecular weight excluding hydrogens is 467 g/mol. The van der Waals surface area contributed by atoms with Gasteiger partial charge in [0.2, 0.25) is 15.9 Å². The van der Waals surface area contributed by atoms with E-state index in [4.69, 9.17) is 23.2 Å². The second-order valence-corrected chi connectivity index (χ2v) is 10.4. The molecule has 1 N–H and O–H groups in total. The third-order valence-electron chi connectivity index (χ3n) is 4.91. The number of hydrogen-bond donors (Lipinski definition) is 1. The Balaban J connectivity index is 1.81. The van der Waals surface area contributed by atoms with E-state index in [1.54, 1.807) is 42.5 Å². The number of carbonyl (C=O) groups excluding carboxylic acids is 1. The molecule has 0 radical (unpaired) electrons. The molecule has 0 heterocycles. The molecule has 3 rings (SSSR count). The molecule has 0 bridgehead atoms. The number of rotatable bonds is 8. The summed E-state index contributed by atoms with van der Waals surface area (Å²) in [6.07, 6.45) is 0. The highest BCUT2D eigenvalue weighted by Crippen LogP contribution is 2.22. The van der Waals surface area contributed by atoms with E-state index in [2.05, 4.69) is 5.32 Å². The van der Waals surface area contributed by atoms with Gasteiger partial charge in [-0.25, -0.2) is 8.42 Å².